The second kappa shape index (κ2) is 9.23. The van der Waals surface area contributed by atoms with Crippen LogP contribution in [0.5, 0.6) is 11.5 Å². The number of halogens is 1. The fourth-order valence-electron chi connectivity index (χ4n) is 2.53. The van der Waals surface area contributed by atoms with Gasteiger partial charge in [0.2, 0.25) is 0 Å². The molecule has 2 aromatic carbocycles. The molecular weight excluding hydrogens is 406 g/mol. The average Bonchev–Trinajstić information content (AvgIpc) is 3.09. The maximum Gasteiger partial charge on any atom is 0.191 e. The average molecular weight is 428 g/mol. The first-order valence-electron chi connectivity index (χ1n) is 8.58. The van der Waals surface area contributed by atoms with E-state index in [-0.39, 0.29) is 0 Å². The van der Waals surface area contributed by atoms with Gasteiger partial charge in [0, 0.05) is 36.9 Å². The van der Waals surface area contributed by atoms with Crippen LogP contribution in [0.3, 0.4) is 0 Å². The molecule has 0 atom stereocenters. The Labute approximate surface area is 167 Å². The first kappa shape index (κ1) is 19.0. The van der Waals surface area contributed by atoms with E-state index in [1.807, 2.05) is 66.3 Å². The van der Waals surface area contributed by atoms with Crippen LogP contribution in [0.1, 0.15) is 11.3 Å². The summed E-state index contributed by atoms with van der Waals surface area (Å²) < 4.78 is 8.85. The molecule has 3 aromatic rings. The molecule has 3 rings (SSSR count). The predicted octanol–water partition coefficient (Wildman–Crippen LogP) is 3.84. The van der Waals surface area contributed by atoms with Gasteiger partial charge in [-0.2, -0.15) is 5.10 Å². The Balaban J connectivity index is 1.65. The van der Waals surface area contributed by atoms with Crippen molar-refractivity contribution in [3.8, 4) is 11.5 Å². The van der Waals surface area contributed by atoms with Crippen LogP contribution in [-0.4, -0.2) is 22.8 Å². The zero-order valence-corrected chi connectivity index (χ0v) is 16.9. The molecule has 0 amide bonds. The van der Waals surface area contributed by atoms with E-state index in [1.54, 1.807) is 13.2 Å². The molecule has 0 aliphatic heterocycles. The Morgan fingerprint density at radius 1 is 1.11 bits per heavy atom. The fourth-order valence-corrected chi connectivity index (χ4v) is 2.87. The first-order valence-corrected chi connectivity index (χ1v) is 9.38. The Morgan fingerprint density at radius 3 is 2.59 bits per heavy atom. The number of nitrogens with one attached hydrogen (secondary N) is 2. The molecule has 1 heterocycles. The number of hydrogen-bond acceptors (Lipinski definition) is 3. The lowest BCUT2D eigenvalue weighted by atomic mass is 10.2. The summed E-state index contributed by atoms with van der Waals surface area (Å²) in [4.78, 5) is 4.28. The van der Waals surface area contributed by atoms with Gasteiger partial charge in [0.05, 0.1) is 12.2 Å². The van der Waals surface area contributed by atoms with Gasteiger partial charge >= 0.3 is 0 Å². The zero-order valence-electron chi connectivity index (χ0n) is 15.3. The number of benzene rings is 2. The monoisotopic (exact) mass is 427 g/mol. The third kappa shape index (κ3) is 5.34. The van der Waals surface area contributed by atoms with Gasteiger partial charge in [0.25, 0.3) is 0 Å². The quantitative estimate of drug-likeness (QED) is 0.463. The van der Waals surface area contributed by atoms with E-state index >= 15 is 0 Å². The molecule has 7 heteroatoms. The predicted molar refractivity (Wildman–Crippen MR) is 111 cm³/mol. The van der Waals surface area contributed by atoms with Crippen molar-refractivity contribution in [3.63, 3.8) is 0 Å². The number of para-hydroxylation sites is 1. The molecule has 0 aliphatic rings. The molecule has 0 saturated heterocycles. The summed E-state index contributed by atoms with van der Waals surface area (Å²) in [7, 11) is 3.67. The molecule has 27 heavy (non-hydrogen) atoms. The first-order chi connectivity index (χ1) is 13.2. The van der Waals surface area contributed by atoms with Crippen LogP contribution in [0.25, 0.3) is 0 Å². The maximum atomic E-state index is 6.05. The summed E-state index contributed by atoms with van der Waals surface area (Å²) in [6, 6.07) is 17.7. The van der Waals surface area contributed by atoms with Crippen molar-refractivity contribution in [2.45, 2.75) is 13.1 Å². The van der Waals surface area contributed by atoms with Gasteiger partial charge in [0.15, 0.2) is 5.96 Å². The Morgan fingerprint density at radius 2 is 1.89 bits per heavy atom. The van der Waals surface area contributed by atoms with Crippen molar-refractivity contribution in [3.05, 3.63) is 76.5 Å². The topological polar surface area (TPSA) is 63.5 Å². The highest BCUT2D eigenvalue weighted by molar-refractivity contribution is 9.10. The largest absolute Gasteiger partial charge is 0.457 e. The van der Waals surface area contributed by atoms with Gasteiger partial charge in [-0.25, -0.2) is 0 Å². The van der Waals surface area contributed by atoms with E-state index in [1.165, 1.54) is 0 Å². The van der Waals surface area contributed by atoms with Crippen LogP contribution in [0.4, 0.5) is 0 Å². The van der Waals surface area contributed by atoms with E-state index in [4.69, 9.17) is 4.74 Å². The maximum absolute atomic E-state index is 6.05. The number of aryl methyl sites for hydroxylation is 1. The molecule has 0 unspecified atom stereocenters. The number of nitrogens with zero attached hydrogens (tertiary/aromatic N) is 3. The summed E-state index contributed by atoms with van der Waals surface area (Å²) in [6.07, 6.45) is 1.78. The molecule has 6 nitrogen and oxygen atoms in total. The normalized spacial score (nSPS) is 11.3. The van der Waals surface area contributed by atoms with E-state index in [9.17, 15) is 0 Å². The van der Waals surface area contributed by atoms with Crippen molar-refractivity contribution >= 4 is 21.9 Å². The van der Waals surface area contributed by atoms with Crippen molar-refractivity contribution in [1.29, 1.82) is 0 Å². The lowest BCUT2D eigenvalue weighted by molar-refractivity contribution is 0.475. The molecule has 0 spiro atoms. The van der Waals surface area contributed by atoms with Crippen LogP contribution in [-0.2, 0) is 20.1 Å². The zero-order chi connectivity index (χ0) is 19.1. The highest BCUT2D eigenvalue weighted by atomic mass is 79.9. The Hall–Kier alpha value is -2.80. The summed E-state index contributed by atoms with van der Waals surface area (Å²) in [5, 5.41) is 10.8. The molecule has 0 aliphatic carbocycles. The third-order valence-corrected chi connectivity index (χ3v) is 4.52. The molecule has 0 saturated carbocycles. The molecule has 2 N–H and O–H groups in total. The second-order valence-corrected chi connectivity index (χ2v) is 6.81. The minimum atomic E-state index is 0.584. The van der Waals surface area contributed by atoms with Gasteiger partial charge in [0.1, 0.15) is 11.5 Å². The number of aromatic nitrogens is 2. The molecule has 140 valence electrons. The van der Waals surface area contributed by atoms with E-state index in [0.29, 0.717) is 19.0 Å². The molecular formula is C20H22BrN5O. The number of rotatable bonds is 6. The molecule has 0 bridgehead atoms. The lowest BCUT2D eigenvalue weighted by Gasteiger charge is -2.15. The summed E-state index contributed by atoms with van der Waals surface area (Å²) >= 11 is 3.51. The smallest absolute Gasteiger partial charge is 0.191 e. The lowest BCUT2D eigenvalue weighted by Crippen LogP contribution is -2.36. The highest BCUT2D eigenvalue weighted by Crippen LogP contribution is 2.28. The third-order valence-electron chi connectivity index (χ3n) is 4.03. The summed E-state index contributed by atoms with van der Waals surface area (Å²) in [6.45, 7) is 1.23. The van der Waals surface area contributed by atoms with Crippen LogP contribution < -0.4 is 15.4 Å². The number of guanidine groups is 1. The number of ether oxygens (including phenoxy) is 1. The van der Waals surface area contributed by atoms with Crippen molar-refractivity contribution < 1.29 is 4.74 Å². The van der Waals surface area contributed by atoms with Crippen molar-refractivity contribution in [2.75, 3.05) is 7.05 Å². The number of aliphatic imine (C=N–C) groups is 1. The highest BCUT2D eigenvalue weighted by Gasteiger charge is 2.08. The Bertz CT molecular complexity index is 908. The van der Waals surface area contributed by atoms with E-state index in [0.717, 1.165) is 27.2 Å². The summed E-state index contributed by atoms with van der Waals surface area (Å²) in [5.41, 5.74) is 2.11. The van der Waals surface area contributed by atoms with Gasteiger partial charge in [-0.15, -0.1) is 0 Å². The van der Waals surface area contributed by atoms with Crippen molar-refractivity contribution in [1.82, 2.24) is 20.4 Å². The molecule has 0 fully saturated rings. The van der Waals surface area contributed by atoms with Crippen molar-refractivity contribution in [2.24, 2.45) is 12.0 Å². The summed E-state index contributed by atoms with van der Waals surface area (Å²) in [5.74, 6) is 2.31. The van der Waals surface area contributed by atoms with Crippen LogP contribution in [0.2, 0.25) is 0 Å². The SMILES string of the molecule is CN=C(NCc1ccc(Br)cc1Oc1ccccc1)NCc1ccnn1C. The Kier molecular flexibility index (Phi) is 6.49. The second-order valence-electron chi connectivity index (χ2n) is 5.89. The van der Waals surface area contributed by atoms with Crippen LogP contribution in [0.15, 0.2) is 70.3 Å². The van der Waals surface area contributed by atoms with Gasteiger partial charge in [-0.05, 0) is 30.3 Å². The molecule has 1 aromatic heterocycles. The minimum absolute atomic E-state index is 0.584. The number of hydrogen-bond donors (Lipinski definition) is 2. The van der Waals surface area contributed by atoms with Gasteiger partial charge in [-0.3, -0.25) is 9.67 Å². The van der Waals surface area contributed by atoms with Crippen LogP contribution in [0, 0.1) is 0 Å². The van der Waals surface area contributed by atoms with Gasteiger partial charge < -0.3 is 15.4 Å². The van der Waals surface area contributed by atoms with Gasteiger partial charge in [-0.1, -0.05) is 40.2 Å². The van der Waals surface area contributed by atoms with Crippen LogP contribution >= 0.6 is 15.9 Å². The molecule has 0 radical (unpaired) electrons. The van der Waals surface area contributed by atoms with E-state index < -0.39 is 0 Å². The van der Waals surface area contributed by atoms with E-state index in [2.05, 4.69) is 36.7 Å². The standard InChI is InChI=1S/C20H22BrN5O/c1-22-20(24-14-17-10-11-25-26(17)2)23-13-15-8-9-16(21)12-19(15)27-18-6-4-3-5-7-18/h3-12H,13-14H2,1-2H3,(H2,22,23,24). The fraction of sp³-hybridized carbons (Fsp3) is 0.200. The minimum Gasteiger partial charge on any atom is -0.457 e.